The second-order valence-electron chi connectivity index (χ2n) is 5.14. The molecule has 1 fully saturated rings. The molecule has 2 rings (SSSR count). The van der Waals surface area contributed by atoms with E-state index in [1.165, 1.54) is 24.0 Å². The second kappa shape index (κ2) is 5.46. The molecule has 1 N–H and O–H groups in total. The first-order valence-electron chi connectivity index (χ1n) is 6.48. The molecule has 1 atom stereocenters. The summed E-state index contributed by atoms with van der Waals surface area (Å²) in [5, 5.41) is 3.32. The third-order valence-corrected chi connectivity index (χ3v) is 3.36. The van der Waals surface area contributed by atoms with E-state index < -0.39 is 0 Å². The first-order valence-corrected chi connectivity index (χ1v) is 6.48. The highest BCUT2D eigenvalue weighted by atomic mass is 16.1. The third-order valence-electron chi connectivity index (χ3n) is 3.36. The van der Waals surface area contributed by atoms with Crippen LogP contribution in [0.3, 0.4) is 0 Å². The molecule has 17 heavy (non-hydrogen) atoms. The first-order chi connectivity index (χ1) is 8.15. The molecule has 0 radical (unpaired) electrons. The summed E-state index contributed by atoms with van der Waals surface area (Å²) in [5.74, 6) is 0.342. The Kier molecular flexibility index (Phi) is 3.95. The van der Waals surface area contributed by atoms with Crippen LogP contribution < -0.4 is 5.32 Å². The number of Topliss-reactive ketones (excluding diaryl/α,β-unsaturated/α-hetero) is 1. The third kappa shape index (κ3) is 3.40. The van der Waals surface area contributed by atoms with Gasteiger partial charge in [0.2, 0.25) is 0 Å². The fourth-order valence-electron chi connectivity index (χ4n) is 2.62. The molecule has 0 saturated carbocycles. The van der Waals surface area contributed by atoms with Crippen LogP contribution in [0, 0.1) is 13.8 Å². The molecule has 1 aliphatic heterocycles. The molecule has 1 aromatic rings. The summed E-state index contributed by atoms with van der Waals surface area (Å²) in [6.07, 6.45) is 3.95. The van der Waals surface area contributed by atoms with Crippen LogP contribution in [-0.2, 0) is 11.2 Å². The summed E-state index contributed by atoms with van der Waals surface area (Å²) >= 11 is 0. The molecule has 0 bridgehead atoms. The molecule has 2 nitrogen and oxygen atoms in total. The predicted octanol–water partition coefficient (Wildman–Crippen LogP) is 2.56. The van der Waals surface area contributed by atoms with Crippen LogP contribution in [0.1, 0.15) is 36.0 Å². The highest BCUT2D eigenvalue weighted by Gasteiger charge is 2.20. The second-order valence-corrected chi connectivity index (χ2v) is 5.14. The van der Waals surface area contributed by atoms with Crippen LogP contribution in [0.2, 0.25) is 0 Å². The van der Waals surface area contributed by atoms with Gasteiger partial charge in [-0.25, -0.2) is 0 Å². The lowest BCUT2D eigenvalue weighted by atomic mass is 9.95. The summed E-state index contributed by atoms with van der Waals surface area (Å²) in [4.78, 5) is 12.1. The minimum atomic E-state index is 0.0876. The van der Waals surface area contributed by atoms with Crippen LogP contribution >= 0.6 is 0 Å². The van der Waals surface area contributed by atoms with Crippen LogP contribution in [0.25, 0.3) is 0 Å². The van der Waals surface area contributed by atoms with Gasteiger partial charge in [0.25, 0.3) is 0 Å². The first kappa shape index (κ1) is 12.3. The minimum Gasteiger partial charge on any atom is -0.307 e. The fraction of sp³-hybridized carbons (Fsp3) is 0.533. The van der Waals surface area contributed by atoms with Crippen molar-refractivity contribution in [1.29, 1.82) is 0 Å². The number of aryl methyl sites for hydroxylation is 2. The van der Waals surface area contributed by atoms with E-state index in [1.807, 2.05) is 0 Å². The maximum absolute atomic E-state index is 12.1. The zero-order chi connectivity index (χ0) is 12.3. The molecule has 2 heteroatoms. The van der Waals surface area contributed by atoms with E-state index in [9.17, 15) is 4.79 Å². The SMILES string of the molecule is Cc1cc(C)cc(CC(=O)C2CCCCN2)c1. The van der Waals surface area contributed by atoms with Crippen molar-refractivity contribution in [3.8, 4) is 0 Å². The Morgan fingerprint density at radius 2 is 1.94 bits per heavy atom. The van der Waals surface area contributed by atoms with Crippen molar-refractivity contribution in [3.05, 3.63) is 34.9 Å². The molecule has 1 unspecified atom stereocenters. The molecule has 0 amide bonds. The van der Waals surface area contributed by atoms with E-state index in [4.69, 9.17) is 0 Å². The lowest BCUT2D eigenvalue weighted by Gasteiger charge is -2.22. The van der Waals surface area contributed by atoms with Gasteiger partial charge < -0.3 is 5.32 Å². The lowest BCUT2D eigenvalue weighted by molar-refractivity contribution is -0.120. The molecular weight excluding hydrogens is 210 g/mol. The van der Waals surface area contributed by atoms with Gasteiger partial charge in [-0.15, -0.1) is 0 Å². The molecule has 92 valence electrons. The number of ketones is 1. The van der Waals surface area contributed by atoms with Gasteiger partial charge >= 0.3 is 0 Å². The highest BCUT2D eigenvalue weighted by Crippen LogP contribution is 2.13. The number of carbonyl (C=O) groups is 1. The number of carbonyl (C=O) groups excluding carboxylic acids is 1. The largest absolute Gasteiger partial charge is 0.307 e. The summed E-state index contributed by atoms with van der Waals surface area (Å²) in [6.45, 7) is 5.16. The van der Waals surface area contributed by atoms with Gasteiger partial charge in [0.05, 0.1) is 6.04 Å². The monoisotopic (exact) mass is 231 g/mol. The highest BCUT2D eigenvalue weighted by molar-refractivity contribution is 5.86. The summed E-state index contributed by atoms with van der Waals surface area (Å²) in [6, 6.07) is 6.47. The van der Waals surface area contributed by atoms with Gasteiger partial charge in [-0.05, 0) is 38.8 Å². The molecule has 0 aromatic heterocycles. The molecule has 0 aliphatic carbocycles. The van der Waals surface area contributed by atoms with Crippen LogP contribution in [0.15, 0.2) is 18.2 Å². The molecular formula is C15H21NO. The zero-order valence-electron chi connectivity index (χ0n) is 10.8. The van der Waals surface area contributed by atoms with E-state index in [0.29, 0.717) is 12.2 Å². The van der Waals surface area contributed by atoms with Crippen LogP contribution in [-0.4, -0.2) is 18.4 Å². The zero-order valence-corrected chi connectivity index (χ0v) is 10.8. The lowest BCUT2D eigenvalue weighted by Crippen LogP contribution is -2.41. The van der Waals surface area contributed by atoms with Crippen LogP contribution in [0.4, 0.5) is 0 Å². The Balaban J connectivity index is 2.01. The summed E-state index contributed by atoms with van der Waals surface area (Å²) in [7, 11) is 0. The standard InChI is InChI=1S/C15H21NO/c1-11-7-12(2)9-13(8-11)10-15(17)14-5-3-4-6-16-14/h7-9,14,16H,3-6,10H2,1-2H3. The Morgan fingerprint density at radius 1 is 1.24 bits per heavy atom. The molecule has 1 saturated heterocycles. The number of benzene rings is 1. The Bertz CT molecular complexity index is 385. The normalized spacial score (nSPS) is 20.2. The molecule has 0 spiro atoms. The van der Waals surface area contributed by atoms with E-state index in [-0.39, 0.29) is 6.04 Å². The maximum Gasteiger partial charge on any atom is 0.154 e. The topological polar surface area (TPSA) is 29.1 Å². The number of piperidine rings is 1. The Morgan fingerprint density at radius 3 is 2.53 bits per heavy atom. The molecule has 1 aliphatic rings. The van der Waals surface area contributed by atoms with Crippen molar-refractivity contribution in [2.24, 2.45) is 0 Å². The Hall–Kier alpha value is -1.15. The average molecular weight is 231 g/mol. The number of rotatable bonds is 3. The van der Waals surface area contributed by atoms with Gasteiger partial charge in [-0.3, -0.25) is 4.79 Å². The van der Waals surface area contributed by atoms with Crippen molar-refractivity contribution in [2.45, 2.75) is 45.6 Å². The van der Waals surface area contributed by atoms with Gasteiger partial charge in [0.1, 0.15) is 0 Å². The van der Waals surface area contributed by atoms with Crippen molar-refractivity contribution < 1.29 is 4.79 Å². The maximum atomic E-state index is 12.1. The smallest absolute Gasteiger partial charge is 0.154 e. The number of nitrogens with one attached hydrogen (secondary N) is 1. The van der Waals surface area contributed by atoms with Crippen molar-refractivity contribution in [1.82, 2.24) is 5.32 Å². The number of hydrogen-bond acceptors (Lipinski definition) is 2. The molecule has 1 aromatic carbocycles. The van der Waals surface area contributed by atoms with Gasteiger partial charge in [0, 0.05) is 6.42 Å². The number of hydrogen-bond donors (Lipinski definition) is 1. The van der Waals surface area contributed by atoms with E-state index in [0.717, 1.165) is 18.5 Å². The van der Waals surface area contributed by atoms with E-state index >= 15 is 0 Å². The van der Waals surface area contributed by atoms with Gasteiger partial charge in [-0.2, -0.15) is 0 Å². The summed E-state index contributed by atoms with van der Waals surface area (Å²) in [5.41, 5.74) is 3.63. The summed E-state index contributed by atoms with van der Waals surface area (Å²) < 4.78 is 0. The van der Waals surface area contributed by atoms with Crippen molar-refractivity contribution in [2.75, 3.05) is 6.54 Å². The molecule has 1 heterocycles. The van der Waals surface area contributed by atoms with E-state index in [2.05, 4.69) is 37.4 Å². The Labute approximate surface area is 103 Å². The van der Waals surface area contributed by atoms with Crippen molar-refractivity contribution >= 4 is 5.78 Å². The fourth-order valence-corrected chi connectivity index (χ4v) is 2.62. The average Bonchev–Trinajstić information content (AvgIpc) is 2.28. The van der Waals surface area contributed by atoms with Crippen LogP contribution in [0.5, 0.6) is 0 Å². The predicted molar refractivity (Wildman–Crippen MR) is 70.3 cm³/mol. The van der Waals surface area contributed by atoms with Crippen molar-refractivity contribution in [3.63, 3.8) is 0 Å². The quantitative estimate of drug-likeness (QED) is 0.866. The minimum absolute atomic E-state index is 0.0876. The van der Waals surface area contributed by atoms with Gasteiger partial charge in [0.15, 0.2) is 5.78 Å². The van der Waals surface area contributed by atoms with Gasteiger partial charge in [-0.1, -0.05) is 35.7 Å². The van der Waals surface area contributed by atoms with E-state index in [1.54, 1.807) is 0 Å².